The number of carbonyl (C=O) groups is 9. The number of Topliss-reactive ketones (excluding diaryl/α,β-unsaturated/α-hetero) is 1. The summed E-state index contributed by atoms with van der Waals surface area (Å²) in [4.78, 5) is 135. The van der Waals surface area contributed by atoms with Crippen molar-refractivity contribution in [3.05, 3.63) is 52.3 Å². The second-order valence-corrected chi connectivity index (χ2v) is 22.7. The Kier molecular flexibility index (Phi) is 23.4. The first kappa shape index (κ1) is 64.1. The van der Waals surface area contributed by atoms with Crippen LogP contribution in [-0.4, -0.2) is 141 Å². The van der Waals surface area contributed by atoms with E-state index in [1.54, 1.807) is 47.6 Å². The Bertz CT molecular complexity index is 2890. The van der Waals surface area contributed by atoms with Crippen LogP contribution in [0, 0.1) is 17.8 Å². The minimum Gasteiger partial charge on any atom is -0.508 e. The fraction of sp³-hybridized carbons (Fsp3) is 0.585. The zero-order valence-corrected chi connectivity index (χ0v) is 48.6. The molecule has 1 fully saturated rings. The number of benzene rings is 1. The number of hydrogen-bond donors (Lipinski definition) is 10. The largest absolute Gasteiger partial charge is 0.508 e. The Hall–Kier alpha value is -6.71. The lowest BCUT2D eigenvalue weighted by Gasteiger charge is -2.31. The number of rotatable bonds is 18. The third-order valence-corrected chi connectivity index (χ3v) is 15.3. The molecule has 25 nitrogen and oxygen atoms in total. The van der Waals surface area contributed by atoms with Crippen LogP contribution in [0.2, 0.25) is 0 Å². The zero-order chi connectivity index (χ0) is 59.2. The van der Waals surface area contributed by atoms with E-state index >= 15 is 0 Å². The first-order chi connectivity index (χ1) is 37.7. The molecule has 27 heteroatoms. The molecule has 0 radical (unpaired) electrons. The van der Waals surface area contributed by atoms with Gasteiger partial charge < -0.3 is 56.6 Å². The molecule has 2 aromatic heterocycles. The maximum atomic E-state index is 14.9. The van der Waals surface area contributed by atoms with Crippen LogP contribution in [0.3, 0.4) is 0 Å². The minimum atomic E-state index is -5.09. The molecule has 8 amide bonds. The van der Waals surface area contributed by atoms with E-state index in [-0.39, 0.29) is 81.3 Å². The van der Waals surface area contributed by atoms with Crippen molar-refractivity contribution < 1.29 is 69.8 Å². The Morgan fingerprint density at radius 3 is 2.27 bits per heavy atom. The molecule has 3 aromatic rings. The van der Waals surface area contributed by atoms with Crippen LogP contribution < -0.4 is 37.2 Å². The van der Waals surface area contributed by atoms with Crippen LogP contribution >= 0.6 is 15.9 Å². The molecule has 1 saturated heterocycles. The van der Waals surface area contributed by atoms with Crippen LogP contribution in [0.5, 0.6) is 5.75 Å². The number of H-pyrrole nitrogens is 1. The lowest BCUT2D eigenvalue weighted by Crippen LogP contribution is -2.60. The first-order valence-corrected chi connectivity index (χ1v) is 29.1. The number of nitrogens with zero attached hydrogens (tertiary/aromatic N) is 2. The quantitative estimate of drug-likeness (QED) is 0.0646. The summed E-state index contributed by atoms with van der Waals surface area (Å²) in [5, 5.41) is 29.7. The van der Waals surface area contributed by atoms with Crippen molar-refractivity contribution in [3.63, 3.8) is 0 Å². The van der Waals surface area contributed by atoms with E-state index in [0.717, 1.165) is 6.08 Å². The number of hydrogen-bond acceptors (Lipinski definition) is 15. The molecule has 2 aliphatic heterocycles. The van der Waals surface area contributed by atoms with E-state index in [4.69, 9.17) is 8.60 Å². The molecule has 10 unspecified atom stereocenters. The molecule has 1 aromatic carbocycles. The third-order valence-electron chi connectivity index (χ3n) is 14.2. The van der Waals surface area contributed by atoms with Gasteiger partial charge in [-0.2, -0.15) is 8.42 Å². The maximum absolute atomic E-state index is 14.9. The number of aromatic nitrogens is 2. The molecule has 4 heterocycles. The summed E-state index contributed by atoms with van der Waals surface area (Å²) >= 11 is 3.50. The Labute approximate surface area is 473 Å². The summed E-state index contributed by atoms with van der Waals surface area (Å²) in [6.45, 7) is 13.4. The van der Waals surface area contributed by atoms with Gasteiger partial charge >= 0.3 is 10.4 Å². The smallest absolute Gasteiger partial charge is 0.398 e. The van der Waals surface area contributed by atoms with E-state index in [0.29, 0.717) is 40.3 Å². The fourth-order valence-corrected chi connectivity index (χ4v) is 10.5. The van der Waals surface area contributed by atoms with Crippen molar-refractivity contribution in [2.75, 3.05) is 13.1 Å². The van der Waals surface area contributed by atoms with Gasteiger partial charge in [-0.15, -0.1) is 0 Å². The van der Waals surface area contributed by atoms with Crippen molar-refractivity contribution >= 4 is 96.3 Å². The molecule has 2 aliphatic rings. The monoisotopic (exact) mass is 1200 g/mol. The molecule has 5 rings (SSSR count). The summed E-state index contributed by atoms with van der Waals surface area (Å²) < 4.78 is 43.7. The van der Waals surface area contributed by atoms with Crippen molar-refractivity contribution in [2.24, 2.45) is 17.8 Å². The number of phenols is 1. The number of amides is 8. The van der Waals surface area contributed by atoms with Gasteiger partial charge in [0.1, 0.15) is 54.0 Å². The van der Waals surface area contributed by atoms with Crippen molar-refractivity contribution in [2.45, 2.75) is 168 Å². The Morgan fingerprint density at radius 1 is 0.900 bits per heavy atom. The van der Waals surface area contributed by atoms with Gasteiger partial charge in [-0.25, -0.2) is 9.17 Å². The fourth-order valence-electron chi connectivity index (χ4n) is 9.40. The normalized spacial score (nSPS) is 22.2. The van der Waals surface area contributed by atoms with Gasteiger partial charge in [0.05, 0.1) is 10.6 Å². The topological polar surface area (TPSA) is 367 Å². The van der Waals surface area contributed by atoms with Gasteiger partial charge in [-0.3, -0.25) is 47.7 Å². The number of ketones is 1. The van der Waals surface area contributed by atoms with E-state index in [9.17, 15) is 61.2 Å². The highest BCUT2D eigenvalue weighted by Crippen LogP contribution is 2.31. The van der Waals surface area contributed by atoms with E-state index in [2.05, 4.69) is 63.1 Å². The highest BCUT2D eigenvalue weighted by molar-refractivity contribution is 9.10. The molecule has 80 heavy (non-hydrogen) atoms. The predicted molar refractivity (Wildman–Crippen MR) is 295 cm³/mol. The molecular formula is C53H75BrN10O15S. The van der Waals surface area contributed by atoms with Gasteiger partial charge in [-0.1, -0.05) is 67.7 Å². The Morgan fingerprint density at radius 2 is 1.61 bits per heavy atom. The highest BCUT2D eigenvalue weighted by Gasteiger charge is 2.41. The average molecular weight is 1200 g/mol. The summed E-state index contributed by atoms with van der Waals surface area (Å²) in [7, 11) is -5.09. The molecule has 0 spiro atoms. The van der Waals surface area contributed by atoms with E-state index in [1.807, 2.05) is 0 Å². The molecule has 10 N–H and O–H groups in total. The summed E-state index contributed by atoms with van der Waals surface area (Å²) in [6.07, 6.45) is 3.30. The average Bonchev–Trinajstić information content (AvgIpc) is 4.17. The SMILES string of the molecule is CCCC(NC(=O)C(NC(=O)C(OS(=O)(=O)O)C(C)CC)C(C)CC)C(=O)NC1CCCNC(=O)C(Cc2c(Br)[nH]c3ccc(O)cc23)NC(=O)C=Cc2coc(n2)C(C)NC(=O)C(=O)C(CC(C)C)NC(=O)C2CCCN2C1=O. The Balaban J connectivity index is 1.48. The highest BCUT2D eigenvalue weighted by atomic mass is 79.9. The summed E-state index contributed by atoms with van der Waals surface area (Å²) in [5.41, 5.74) is 1.34. The summed E-state index contributed by atoms with van der Waals surface area (Å²) in [5.74, 6) is -8.96. The van der Waals surface area contributed by atoms with Crippen LogP contribution in [0.25, 0.3) is 17.0 Å². The number of aromatic amines is 1. The number of phenolic OH excluding ortho intramolecular Hbond substituents is 1. The predicted octanol–water partition coefficient (Wildman–Crippen LogP) is 3.08. The first-order valence-electron chi connectivity index (χ1n) is 27.0. The number of nitrogens with one attached hydrogen (secondary N) is 8. The van der Waals surface area contributed by atoms with Gasteiger partial charge in [0, 0.05) is 36.5 Å². The van der Waals surface area contributed by atoms with Crippen molar-refractivity contribution in [1.82, 2.24) is 52.1 Å². The number of halogens is 1. The van der Waals surface area contributed by atoms with E-state index in [1.165, 1.54) is 43.2 Å². The van der Waals surface area contributed by atoms with Crippen molar-refractivity contribution in [3.8, 4) is 5.75 Å². The lowest BCUT2D eigenvalue weighted by molar-refractivity contribution is -0.144. The standard InChI is InChI=1S/C53H75BrN10O15S/c1-9-14-36(60-49(71)42(28(6)10-2)63-51(73)44(29(7)11-3)79-80(75,76)77)47(69)61-37-15-12-21-55-46(68)39(25-34-33-24-32(65)18-19-35(33)59-45(34)54)58-41(66)20-17-31-26-78-52(57-31)30(8)56-50(72)43(67)38(23-27(4)5)62-48(70)40-16-13-22-64(40)53(37)74/h17-20,24,26-30,36-40,42,44,59,65H,9-16,21-23,25H2,1-8H3,(H,55,68)(H,56,72)(H,58,66)(H,60,71)(H,61,69)(H,62,70)(H,63,73)(H,75,76,77). The maximum Gasteiger partial charge on any atom is 0.398 e. The van der Waals surface area contributed by atoms with Gasteiger partial charge in [0.25, 0.3) is 11.8 Å². The van der Waals surface area contributed by atoms with Crippen LogP contribution in [-0.2, 0) is 64.2 Å². The second kappa shape index (κ2) is 29.1. The van der Waals surface area contributed by atoms with Crippen LogP contribution in [0.4, 0.5) is 0 Å². The number of carbonyl (C=O) groups excluding carboxylic acids is 9. The lowest BCUT2D eigenvalue weighted by atomic mass is 9.95. The molecule has 440 valence electrons. The van der Waals surface area contributed by atoms with Gasteiger partial charge in [0.2, 0.25) is 47.1 Å². The molecular weight excluding hydrogens is 1130 g/mol. The number of aromatic hydroxyl groups is 1. The molecule has 10 atom stereocenters. The molecule has 0 aliphatic carbocycles. The summed E-state index contributed by atoms with van der Waals surface area (Å²) in [6, 6.07) is -4.06. The van der Waals surface area contributed by atoms with Gasteiger partial charge in [-0.05, 0) is 109 Å². The number of fused-ring (bicyclic) bond motifs is 4. The van der Waals surface area contributed by atoms with Crippen molar-refractivity contribution in [1.29, 1.82) is 0 Å². The molecule has 0 saturated carbocycles. The van der Waals surface area contributed by atoms with Crippen LogP contribution in [0.1, 0.15) is 136 Å². The van der Waals surface area contributed by atoms with Crippen LogP contribution in [0.15, 0.2) is 39.6 Å². The third kappa shape index (κ3) is 17.6. The van der Waals surface area contributed by atoms with Gasteiger partial charge in [0.15, 0.2) is 6.10 Å². The zero-order valence-electron chi connectivity index (χ0n) is 46.2. The second-order valence-electron chi connectivity index (χ2n) is 20.8. The number of oxazole rings is 1. The minimum absolute atomic E-state index is 0.0130. The molecule has 2 bridgehead atoms. The van der Waals surface area contributed by atoms with E-state index < -0.39 is 124 Å².